The molecule has 88 valence electrons. The number of hydrogen-bond acceptors (Lipinski definition) is 1. The number of nitrogens with one attached hydrogen (secondary N) is 1. The molecule has 3 rings (SSSR count). The summed E-state index contributed by atoms with van der Waals surface area (Å²) in [6.07, 6.45) is 1.20. The van der Waals surface area contributed by atoms with E-state index in [-0.39, 0.29) is 0 Å². The summed E-state index contributed by atoms with van der Waals surface area (Å²) in [6.45, 7) is 5.64. The van der Waals surface area contributed by atoms with Gasteiger partial charge in [-0.25, -0.2) is 0 Å². The maximum absolute atomic E-state index is 3.64. The molecule has 0 fully saturated rings. The third-order valence-corrected chi connectivity index (χ3v) is 4.11. The van der Waals surface area contributed by atoms with E-state index in [1.165, 1.54) is 22.8 Å². The Hall–Kier alpha value is -1.34. The summed E-state index contributed by atoms with van der Waals surface area (Å²) in [5.41, 5.74) is 3.04. The average molecular weight is 225 g/mol. The van der Waals surface area contributed by atoms with Gasteiger partial charge in [-0.2, -0.15) is 0 Å². The predicted molar refractivity (Wildman–Crippen MR) is 73.3 cm³/mol. The highest BCUT2D eigenvalue weighted by atomic mass is 14.9. The molecule has 1 aliphatic rings. The van der Waals surface area contributed by atoms with Crippen LogP contribution in [0.5, 0.6) is 0 Å². The summed E-state index contributed by atoms with van der Waals surface area (Å²) in [5.74, 6) is 0.606. The van der Waals surface area contributed by atoms with Gasteiger partial charge in [0.15, 0.2) is 0 Å². The molecule has 0 spiro atoms. The first-order valence-electron chi connectivity index (χ1n) is 6.55. The van der Waals surface area contributed by atoms with Crippen molar-refractivity contribution in [3.63, 3.8) is 0 Å². The summed E-state index contributed by atoms with van der Waals surface area (Å²) in [5, 5.41) is 6.45. The smallest absolute Gasteiger partial charge is 0.0211 e. The van der Waals surface area contributed by atoms with E-state index in [1.54, 1.807) is 5.56 Å². The van der Waals surface area contributed by atoms with E-state index in [0.717, 1.165) is 6.54 Å². The van der Waals surface area contributed by atoms with E-state index in [1.807, 2.05) is 0 Å². The van der Waals surface area contributed by atoms with Crippen molar-refractivity contribution in [2.24, 2.45) is 0 Å². The molecule has 0 saturated carbocycles. The number of benzene rings is 2. The first-order valence-corrected chi connectivity index (χ1v) is 6.55. The van der Waals surface area contributed by atoms with Gasteiger partial charge in [0.2, 0.25) is 0 Å². The van der Waals surface area contributed by atoms with Crippen LogP contribution in [0.3, 0.4) is 0 Å². The minimum Gasteiger partial charge on any atom is -0.309 e. The fourth-order valence-electron chi connectivity index (χ4n) is 3.15. The van der Waals surface area contributed by atoms with Crippen molar-refractivity contribution in [1.29, 1.82) is 0 Å². The van der Waals surface area contributed by atoms with E-state index < -0.39 is 0 Å². The summed E-state index contributed by atoms with van der Waals surface area (Å²) in [6, 6.07) is 13.9. The number of fused-ring (bicyclic) bond motifs is 3. The molecule has 0 aromatic heterocycles. The molecule has 0 radical (unpaired) electrons. The van der Waals surface area contributed by atoms with Crippen LogP contribution < -0.4 is 5.32 Å². The molecule has 2 aromatic rings. The fourth-order valence-corrected chi connectivity index (χ4v) is 3.15. The van der Waals surface area contributed by atoms with Gasteiger partial charge in [0.25, 0.3) is 0 Å². The van der Waals surface area contributed by atoms with Crippen molar-refractivity contribution >= 4 is 10.8 Å². The molecule has 2 unspecified atom stereocenters. The Kier molecular flexibility index (Phi) is 2.64. The molecular formula is C16H19N. The third kappa shape index (κ3) is 1.66. The van der Waals surface area contributed by atoms with Crippen LogP contribution in [-0.2, 0) is 6.54 Å². The van der Waals surface area contributed by atoms with Gasteiger partial charge in [-0.3, -0.25) is 0 Å². The Morgan fingerprint density at radius 2 is 2.00 bits per heavy atom. The van der Waals surface area contributed by atoms with Crippen LogP contribution >= 0.6 is 0 Å². The molecule has 1 N–H and O–H groups in total. The van der Waals surface area contributed by atoms with Gasteiger partial charge >= 0.3 is 0 Å². The standard InChI is InChI=1S/C16H19N/c1-3-15-11(2)16-13(10-17-15)9-8-12-6-4-5-7-14(12)16/h4-9,11,15,17H,3,10H2,1-2H3. The lowest BCUT2D eigenvalue weighted by atomic mass is 9.82. The largest absolute Gasteiger partial charge is 0.309 e. The Balaban J connectivity index is 2.24. The highest BCUT2D eigenvalue weighted by molar-refractivity contribution is 5.87. The second kappa shape index (κ2) is 4.15. The van der Waals surface area contributed by atoms with E-state index >= 15 is 0 Å². The molecule has 17 heavy (non-hydrogen) atoms. The Morgan fingerprint density at radius 3 is 2.82 bits per heavy atom. The monoisotopic (exact) mass is 225 g/mol. The highest BCUT2D eigenvalue weighted by Crippen LogP contribution is 2.34. The molecule has 0 aliphatic carbocycles. The van der Waals surface area contributed by atoms with Crippen molar-refractivity contribution in [2.75, 3.05) is 0 Å². The number of rotatable bonds is 1. The lowest BCUT2D eigenvalue weighted by molar-refractivity contribution is 0.412. The molecule has 1 heteroatoms. The second-order valence-corrected chi connectivity index (χ2v) is 5.04. The predicted octanol–water partition coefficient (Wildman–Crippen LogP) is 3.83. The van der Waals surface area contributed by atoms with Crippen LogP contribution in [0.2, 0.25) is 0 Å². The zero-order valence-corrected chi connectivity index (χ0v) is 10.5. The molecule has 0 amide bonds. The van der Waals surface area contributed by atoms with E-state index in [9.17, 15) is 0 Å². The average Bonchev–Trinajstić information content (AvgIpc) is 2.38. The van der Waals surface area contributed by atoms with Gasteiger partial charge in [-0.05, 0) is 34.2 Å². The molecule has 1 nitrogen and oxygen atoms in total. The van der Waals surface area contributed by atoms with Crippen LogP contribution in [0.25, 0.3) is 10.8 Å². The van der Waals surface area contributed by atoms with E-state index in [2.05, 4.69) is 55.6 Å². The van der Waals surface area contributed by atoms with Gasteiger partial charge in [0.1, 0.15) is 0 Å². The number of hydrogen-bond donors (Lipinski definition) is 1. The van der Waals surface area contributed by atoms with Gasteiger partial charge in [-0.15, -0.1) is 0 Å². The van der Waals surface area contributed by atoms with Crippen LogP contribution in [0.4, 0.5) is 0 Å². The SMILES string of the molecule is CCC1NCc2ccc3ccccc3c2C1C. The maximum Gasteiger partial charge on any atom is 0.0211 e. The van der Waals surface area contributed by atoms with Gasteiger partial charge in [-0.1, -0.05) is 50.2 Å². The first-order chi connectivity index (χ1) is 8.31. The van der Waals surface area contributed by atoms with Gasteiger partial charge < -0.3 is 5.32 Å². The zero-order valence-electron chi connectivity index (χ0n) is 10.5. The second-order valence-electron chi connectivity index (χ2n) is 5.04. The van der Waals surface area contributed by atoms with Crippen LogP contribution in [-0.4, -0.2) is 6.04 Å². The fraction of sp³-hybridized carbons (Fsp3) is 0.375. The molecule has 2 atom stereocenters. The van der Waals surface area contributed by atoms with Crippen molar-refractivity contribution in [3.8, 4) is 0 Å². The van der Waals surface area contributed by atoms with E-state index in [0.29, 0.717) is 12.0 Å². The lowest BCUT2D eigenvalue weighted by Gasteiger charge is -2.33. The molecule has 0 bridgehead atoms. The third-order valence-electron chi connectivity index (χ3n) is 4.11. The summed E-state index contributed by atoms with van der Waals surface area (Å²) in [7, 11) is 0. The summed E-state index contributed by atoms with van der Waals surface area (Å²) in [4.78, 5) is 0. The van der Waals surface area contributed by atoms with Gasteiger partial charge in [0.05, 0.1) is 0 Å². The molecule has 2 aromatic carbocycles. The lowest BCUT2D eigenvalue weighted by Crippen LogP contribution is -2.37. The van der Waals surface area contributed by atoms with Crippen LogP contribution in [0, 0.1) is 0 Å². The molecule has 1 heterocycles. The zero-order chi connectivity index (χ0) is 11.8. The normalized spacial score (nSPS) is 23.6. The van der Waals surface area contributed by atoms with Crippen molar-refractivity contribution in [1.82, 2.24) is 5.32 Å². The quantitative estimate of drug-likeness (QED) is 0.778. The molecular weight excluding hydrogens is 206 g/mol. The molecule has 0 saturated heterocycles. The Bertz CT molecular complexity index is 544. The minimum atomic E-state index is 0.606. The summed E-state index contributed by atoms with van der Waals surface area (Å²) < 4.78 is 0. The minimum absolute atomic E-state index is 0.606. The van der Waals surface area contributed by atoms with E-state index in [4.69, 9.17) is 0 Å². The van der Waals surface area contributed by atoms with Crippen LogP contribution in [0.15, 0.2) is 36.4 Å². The van der Waals surface area contributed by atoms with Crippen molar-refractivity contribution < 1.29 is 0 Å². The highest BCUT2D eigenvalue weighted by Gasteiger charge is 2.25. The Morgan fingerprint density at radius 1 is 1.18 bits per heavy atom. The Labute approximate surface area is 103 Å². The molecule has 1 aliphatic heterocycles. The first kappa shape index (κ1) is 10.8. The van der Waals surface area contributed by atoms with Gasteiger partial charge in [0, 0.05) is 12.6 Å². The van der Waals surface area contributed by atoms with Crippen LogP contribution in [0.1, 0.15) is 37.3 Å². The van der Waals surface area contributed by atoms with Crippen molar-refractivity contribution in [3.05, 3.63) is 47.5 Å². The maximum atomic E-state index is 3.64. The topological polar surface area (TPSA) is 12.0 Å². The summed E-state index contributed by atoms with van der Waals surface area (Å²) >= 11 is 0. The van der Waals surface area contributed by atoms with Crippen molar-refractivity contribution in [2.45, 2.75) is 38.8 Å².